The molecule has 1 heterocycles. The molecule has 0 unspecified atom stereocenters. The zero-order chi connectivity index (χ0) is 20.1. The third-order valence-electron chi connectivity index (χ3n) is 3.16. The second-order valence-electron chi connectivity index (χ2n) is 5.19. The molecule has 0 fully saturated rings. The molecule has 2 rings (SSSR count). The highest BCUT2D eigenvalue weighted by Gasteiger charge is 2.58. The van der Waals surface area contributed by atoms with E-state index < -0.39 is 23.6 Å². The van der Waals surface area contributed by atoms with Crippen molar-refractivity contribution in [3.63, 3.8) is 0 Å². The molecule has 27 heavy (non-hydrogen) atoms. The minimum atomic E-state index is -5.68. The Hall–Kier alpha value is -2.56. The van der Waals surface area contributed by atoms with Gasteiger partial charge < -0.3 is 4.74 Å². The Kier molecular flexibility index (Phi) is 6.47. The van der Waals surface area contributed by atoms with Gasteiger partial charge in [-0.25, -0.2) is 4.98 Å². The lowest BCUT2D eigenvalue weighted by atomic mass is 10.1. The highest BCUT2D eigenvalue weighted by Crippen LogP contribution is 2.43. The smallest absolute Gasteiger partial charge is 0.458 e. The van der Waals surface area contributed by atoms with E-state index in [1.165, 1.54) is 6.07 Å². The van der Waals surface area contributed by atoms with Crippen molar-refractivity contribution in [2.24, 2.45) is 5.10 Å². The predicted octanol–water partition coefficient (Wildman–Crippen LogP) is 4.35. The molecule has 0 spiro atoms. The number of ether oxygens (including phenoxy) is 1. The number of anilines is 1. The van der Waals surface area contributed by atoms with Crippen molar-refractivity contribution in [2.45, 2.75) is 25.4 Å². The molecule has 146 valence electrons. The molecule has 0 aliphatic carbocycles. The first-order valence-electron chi connectivity index (χ1n) is 7.57. The number of nitrogens with one attached hydrogen (secondary N) is 1. The standard InChI is InChI=1S/C16H14F5N3O2S/c1-2-26-13(25)7-12-9-27-14(23-12)24-22-8-10-4-3-5-11(6-10)15(17,18)16(19,20)21/h3-6,8-9H,2,7H2,1H3,(H,23,24). The minimum absolute atomic E-state index is 0.00962. The molecule has 2 aromatic rings. The van der Waals surface area contributed by atoms with Crippen LogP contribution in [0, 0.1) is 0 Å². The second kappa shape index (κ2) is 8.42. The highest BCUT2D eigenvalue weighted by molar-refractivity contribution is 7.13. The fraction of sp³-hybridized carbons (Fsp3) is 0.312. The molecule has 0 radical (unpaired) electrons. The summed E-state index contributed by atoms with van der Waals surface area (Å²) in [4.78, 5) is 15.4. The molecule has 0 amide bonds. The molecule has 0 aliphatic heterocycles. The molecule has 1 aromatic carbocycles. The van der Waals surface area contributed by atoms with Crippen LogP contribution in [0.3, 0.4) is 0 Å². The number of hydrogen-bond acceptors (Lipinski definition) is 6. The van der Waals surface area contributed by atoms with Crippen LogP contribution in [-0.2, 0) is 21.9 Å². The first-order chi connectivity index (χ1) is 12.6. The number of esters is 1. The van der Waals surface area contributed by atoms with Gasteiger partial charge in [-0.3, -0.25) is 10.2 Å². The van der Waals surface area contributed by atoms with Crippen LogP contribution in [0.2, 0.25) is 0 Å². The Morgan fingerprint density at radius 3 is 2.74 bits per heavy atom. The van der Waals surface area contributed by atoms with Crippen molar-refractivity contribution in [1.82, 2.24) is 4.98 Å². The lowest BCUT2D eigenvalue weighted by Gasteiger charge is -2.19. The van der Waals surface area contributed by atoms with Gasteiger partial charge in [-0.15, -0.1) is 11.3 Å². The highest BCUT2D eigenvalue weighted by atomic mass is 32.1. The second-order valence-corrected chi connectivity index (χ2v) is 6.05. The largest absolute Gasteiger partial charge is 0.466 e. The number of carbonyl (C=O) groups excluding carboxylic acids is 1. The Balaban J connectivity index is 2.02. The van der Waals surface area contributed by atoms with E-state index in [2.05, 4.69) is 15.5 Å². The van der Waals surface area contributed by atoms with Gasteiger partial charge >= 0.3 is 18.1 Å². The average molecular weight is 407 g/mol. The van der Waals surface area contributed by atoms with Crippen LogP contribution >= 0.6 is 11.3 Å². The van der Waals surface area contributed by atoms with Gasteiger partial charge in [0.15, 0.2) is 0 Å². The fourth-order valence-corrected chi connectivity index (χ4v) is 2.60. The Bertz CT molecular complexity index is 820. The quantitative estimate of drug-likeness (QED) is 0.321. The van der Waals surface area contributed by atoms with Crippen molar-refractivity contribution in [3.05, 3.63) is 46.5 Å². The number of carbonyl (C=O) groups is 1. The van der Waals surface area contributed by atoms with Crippen molar-refractivity contribution < 1.29 is 31.5 Å². The van der Waals surface area contributed by atoms with Crippen molar-refractivity contribution in [2.75, 3.05) is 12.0 Å². The number of rotatable bonds is 7. The molecule has 0 saturated carbocycles. The van der Waals surface area contributed by atoms with Crippen molar-refractivity contribution in [1.29, 1.82) is 0 Å². The summed E-state index contributed by atoms with van der Waals surface area (Å²) in [5.41, 5.74) is 1.86. The maximum Gasteiger partial charge on any atom is 0.458 e. The van der Waals surface area contributed by atoms with Gasteiger partial charge in [0, 0.05) is 10.9 Å². The molecule has 0 saturated heterocycles. The van der Waals surface area contributed by atoms with E-state index in [0.717, 1.165) is 23.6 Å². The maximum atomic E-state index is 13.4. The summed E-state index contributed by atoms with van der Waals surface area (Å²) in [6, 6.07) is 3.81. The SMILES string of the molecule is CCOC(=O)Cc1csc(NN=Cc2cccc(C(F)(F)C(F)(F)F)c2)n1. The zero-order valence-corrected chi connectivity index (χ0v) is 14.7. The summed E-state index contributed by atoms with van der Waals surface area (Å²) in [5.74, 6) is -5.39. The molecule has 5 nitrogen and oxygen atoms in total. The zero-order valence-electron chi connectivity index (χ0n) is 13.9. The van der Waals surface area contributed by atoms with Gasteiger partial charge in [-0.2, -0.15) is 27.1 Å². The first kappa shape index (κ1) is 20.7. The lowest BCUT2D eigenvalue weighted by Crippen LogP contribution is -2.33. The van der Waals surface area contributed by atoms with Crippen LogP contribution in [0.4, 0.5) is 27.1 Å². The van der Waals surface area contributed by atoms with Crippen LogP contribution < -0.4 is 5.43 Å². The molecule has 0 aliphatic rings. The van der Waals surface area contributed by atoms with Gasteiger partial charge in [0.1, 0.15) is 0 Å². The summed E-state index contributed by atoms with van der Waals surface area (Å²) in [6.45, 7) is 1.94. The number of thiazole rings is 1. The molecule has 11 heteroatoms. The van der Waals surface area contributed by atoms with Gasteiger partial charge in [0.2, 0.25) is 5.13 Å². The predicted molar refractivity (Wildman–Crippen MR) is 90.1 cm³/mol. The summed E-state index contributed by atoms with van der Waals surface area (Å²) < 4.78 is 68.8. The summed E-state index contributed by atoms with van der Waals surface area (Å²) in [6.07, 6.45) is -4.61. The van der Waals surface area contributed by atoms with Crippen LogP contribution in [0.5, 0.6) is 0 Å². The third-order valence-corrected chi connectivity index (χ3v) is 3.96. The average Bonchev–Trinajstić information content (AvgIpc) is 3.01. The topological polar surface area (TPSA) is 63.6 Å². The molecule has 1 N–H and O–H groups in total. The Labute approximate surface area is 154 Å². The third kappa shape index (κ3) is 5.46. The first-order valence-corrected chi connectivity index (χ1v) is 8.45. The van der Waals surface area contributed by atoms with Gasteiger partial charge in [0.25, 0.3) is 0 Å². The molecule has 1 aromatic heterocycles. The van der Waals surface area contributed by atoms with E-state index in [4.69, 9.17) is 4.74 Å². The minimum Gasteiger partial charge on any atom is -0.466 e. The van der Waals surface area contributed by atoms with Crippen molar-refractivity contribution >= 4 is 28.7 Å². The van der Waals surface area contributed by atoms with Crippen LogP contribution in [0.1, 0.15) is 23.7 Å². The van der Waals surface area contributed by atoms with E-state index in [1.807, 2.05) is 0 Å². The van der Waals surface area contributed by atoms with Gasteiger partial charge in [0.05, 0.1) is 24.9 Å². The Morgan fingerprint density at radius 1 is 1.33 bits per heavy atom. The van der Waals surface area contributed by atoms with Crippen LogP contribution in [-0.4, -0.2) is 30.0 Å². The normalized spacial score (nSPS) is 12.4. The van der Waals surface area contributed by atoms with Gasteiger partial charge in [-0.05, 0) is 18.6 Å². The molecular formula is C16H14F5N3O2S. The molecule has 0 bridgehead atoms. The lowest BCUT2D eigenvalue weighted by molar-refractivity contribution is -0.289. The van der Waals surface area contributed by atoms with Crippen LogP contribution in [0.15, 0.2) is 34.7 Å². The summed E-state index contributed by atoms with van der Waals surface area (Å²) in [5, 5.41) is 5.69. The number of aromatic nitrogens is 1. The van der Waals surface area contributed by atoms with Crippen molar-refractivity contribution in [3.8, 4) is 0 Å². The van der Waals surface area contributed by atoms with Gasteiger partial charge in [-0.1, -0.05) is 18.2 Å². The number of benzene rings is 1. The number of hydrogen-bond donors (Lipinski definition) is 1. The van der Waals surface area contributed by atoms with Crippen LogP contribution in [0.25, 0.3) is 0 Å². The number of halogens is 5. The van der Waals surface area contributed by atoms with E-state index in [-0.39, 0.29) is 18.6 Å². The molecular weight excluding hydrogens is 393 g/mol. The van der Waals surface area contributed by atoms with E-state index in [0.29, 0.717) is 23.0 Å². The number of alkyl halides is 5. The van der Waals surface area contributed by atoms with E-state index in [9.17, 15) is 26.7 Å². The number of hydrazone groups is 1. The Morgan fingerprint density at radius 2 is 2.07 bits per heavy atom. The maximum absolute atomic E-state index is 13.4. The fourth-order valence-electron chi connectivity index (χ4n) is 1.94. The monoisotopic (exact) mass is 407 g/mol. The summed E-state index contributed by atoms with van der Waals surface area (Å²) >= 11 is 1.14. The van der Waals surface area contributed by atoms with E-state index >= 15 is 0 Å². The molecule has 0 atom stereocenters. The number of nitrogens with zero attached hydrogens (tertiary/aromatic N) is 2. The van der Waals surface area contributed by atoms with E-state index in [1.54, 1.807) is 12.3 Å². The summed E-state index contributed by atoms with van der Waals surface area (Å²) in [7, 11) is 0.